The van der Waals surface area contributed by atoms with E-state index in [-0.39, 0.29) is 11.5 Å². The van der Waals surface area contributed by atoms with Gasteiger partial charge >= 0.3 is 0 Å². The molecule has 0 amide bonds. The number of aliphatic hydroxyl groups excluding tert-OH is 1. The van der Waals surface area contributed by atoms with Crippen molar-refractivity contribution >= 4 is 0 Å². The summed E-state index contributed by atoms with van der Waals surface area (Å²) in [6, 6.07) is 8.85. The van der Waals surface area contributed by atoms with Crippen LogP contribution in [0.5, 0.6) is 0 Å². The van der Waals surface area contributed by atoms with Gasteiger partial charge in [0.1, 0.15) is 0 Å². The first-order chi connectivity index (χ1) is 9.97. The van der Waals surface area contributed by atoms with Crippen molar-refractivity contribution in [1.82, 2.24) is 0 Å². The van der Waals surface area contributed by atoms with E-state index in [0.717, 1.165) is 6.42 Å². The van der Waals surface area contributed by atoms with Crippen molar-refractivity contribution in [3.63, 3.8) is 0 Å². The first kappa shape index (κ1) is 16.5. The van der Waals surface area contributed by atoms with Gasteiger partial charge in [-0.15, -0.1) is 0 Å². The highest BCUT2D eigenvalue weighted by atomic mass is 16.3. The number of hydrogen-bond donors (Lipinski definition) is 1. The molecular weight excluding hydrogens is 256 g/mol. The Kier molecular flexibility index (Phi) is 5.87. The predicted molar refractivity (Wildman–Crippen MR) is 90.7 cm³/mol. The van der Waals surface area contributed by atoms with E-state index in [1.807, 2.05) is 0 Å². The van der Waals surface area contributed by atoms with Crippen molar-refractivity contribution in [2.45, 2.75) is 83.7 Å². The molecule has 1 aliphatic rings. The minimum Gasteiger partial charge on any atom is -0.392 e. The van der Waals surface area contributed by atoms with Gasteiger partial charge < -0.3 is 5.11 Å². The van der Waals surface area contributed by atoms with E-state index < -0.39 is 0 Å². The van der Waals surface area contributed by atoms with E-state index in [4.69, 9.17) is 0 Å². The van der Waals surface area contributed by atoms with E-state index in [2.05, 4.69) is 45.0 Å². The van der Waals surface area contributed by atoms with E-state index in [1.165, 1.54) is 56.1 Å². The average molecular weight is 288 g/mol. The lowest BCUT2D eigenvalue weighted by Gasteiger charge is -2.25. The van der Waals surface area contributed by atoms with Crippen molar-refractivity contribution in [3.05, 3.63) is 35.4 Å². The number of benzene rings is 1. The van der Waals surface area contributed by atoms with Gasteiger partial charge in [-0.1, -0.05) is 77.1 Å². The summed E-state index contributed by atoms with van der Waals surface area (Å²) >= 11 is 0. The second-order valence-corrected chi connectivity index (χ2v) is 7.82. The maximum absolute atomic E-state index is 10.6. The second-order valence-electron chi connectivity index (χ2n) is 7.82. The third kappa shape index (κ3) is 5.14. The molecule has 1 nitrogen and oxygen atoms in total. The molecule has 1 aliphatic carbocycles. The Morgan fingerprint density at radius 3 is 2.00 bits per heavy atom. The van der Waals surface area contributed by atoms with Crippen LogP contribution in [0.25, 0.3) is 0 Å². The Bertz CT molecular complexity index is 404. The SMILES string of the molecule is CC(C)(C)c1ccc(CC(O)C2CCCCCCC2)cc1. The van der Waals surface area contributed by atoms with E-state index in [1.54, 1.807) is 0 Å². The highest BCUT2D eigenvalue weighted by molar-refractivity contribution is 5.27. The molecule has 0 bridgehead atoms. The molecule has 1 unspecified atom stereocenters. The zero-order chi connectivity index (χ0) is 15.3. The average Bonchev–Trinajstić information content (AvgIpc) is 2.37. The van der Waals surface area contributed by atoms with Crippen molar-refractivity contribution in [2.24, 2.45) is 5.92 Å². The fourth-order valence-corrected chi connectivity index (χ4v) is 3.42. The van der Waals surface area contributed by atoms with Crippen LogP contribution in [0.2, 0.25) is 0 Å². The maximum Gasteiger partial charge on any atom is 0.0608 e. The molecule has 0 aliphatic heterocycles. The van der Waals surface area contributed by atoms with Gasteiger partial charge in [0.15, 0.2) is 0 Å². The monoisotopic (exact) mass is 288 g/mol. The smallest absolute Gasteiger partial charge is 0.0608 e. The number of rotatable bonds is 3. The summed E-state index contributed by atoms with van der Waals surface area (Å²) in [5.41, 5.74) is 2.85. The lowest BCUT2D eigenvalue weighted by atomic mass is 9.83. The van der Waals surface area contributed by atoms with Gasteiger partial charge in [-0.2, -0.15) is 0 Å². The normalized spacial score (nSPS) is 19.8. The van der Waals surface area contributed by atoms with Crippen LogP contribution >= 0.6 is 0 Å². The van der Waals surface area contributed by atoms with E-state index in [0.29, 0.717) is 5.92 Å². The van der Waals surface area contributed by atoms with Crippen LogP contribution in [-0.2, 0) is 11.8 Å². The molecule has 0 saturated heterocycles. The highest BCUT2D eigenvalue weighted by Crippen LogP contribution is 2.27. The second kappa shape index (κ2) is 7.45. The van der Waals surface area contributed by atoms with Gasteiger partial charge in [0, 0.05) is 0 Å². The molecule has 0 heterocycles. The first-order valence-electron chi connectivity index (χ1n) is 8.74. The summed E-state index contributed by atoms with van der Waals surface area (Å²) in [7, 11) is 0. The Morgan fingerprint density at radius 2 is 1.48 bits per heavy atom. The summed E-state index contributed by atoms with van der Waals surface area (Å²) in [5.74, 6) is 0.507. The summed E-state index contributed by atoms with van der Waals surface area (Å²) < 4.78 is 0. The van der Waals surface area contributed by atoms with Gasteiger partial charge in [-0.3, -0.25) is 0 Å². The summed E-state index contributed by atoms with van der Waals surface area (Å²) in [6.07, 6.45) is 9.75. The van der Waals surface area contributed by atoms with Crippen LogP contribution in [0, 0.1) is 5.92 Å². The largest absolute Gasteiger partial charge is 0.392 e. The third-order valence-electron chi connectivity index (χ3n) is 4.96. The van der Waals surface area contributed by atoms with Crippen molar-refractivity contribution in [3.8, 4) is 0 Å². The van der Waals surface area contributed by atoms with Crippen LogP contribution in [-0.4, -0.2) is 11.2 Å². The number of hydrogen-bond acceptors (Lipinski definition) is 1. The van der Waals surface area contributed by atoms with Crippen LogP contribution < -0.4 is 0 Å². The molecule has 1 atom stereocenters. The van der Waals surface area contributed by atoms with Crippen LogP contribution in [0.3, 0.4) is 0 Å². The molecule has 2 rings (SSSR count). The molecule has 1 heteroatoms. The summed E-state index contributed by atoms with van der Waals surface area (Å²) in [4.78, 5) is 0. The lowest BCUT2D eigenvalue weighted by Crippen LogP contribution is -2.24. The van der Waals surface area contributed by atoms with Crippen molar-refractivity contribution in [1.29, 1.82) is 0 Å². The molecular formula is C20H32O. The topological polar surface area (TPSA) is 20.2 Å². The Morgan fingerprint density at radius 1 is 0.952 bits per heavy atom. The minimum absolute atomic E-state index is 0.163. The van der Waals surface area contributed by atoms with Crippen LogP contribution in [0.1, 0.15) is 76.8 Å². The van der Waals surface area contributed by atoms with Gasteiger partial charge in [0.2, 0.25) is 0 Å². The zero-order valence-corrected chi connectivity index (χ0v) is 14.1. The molecule has 118 valence electrons. The molecule has 0 aromatic heterocycles. The quantitative estimate of drug-likeness (QED) is 0.805. The predicted octanol–water partition coefficient (Wildman–Crippen LogP) is 5.25. The first-order valence-corrected chi connectivity index (χ1v) is 8.74. The van der Waals surface area contributed by atoms with Crippen LogP contribution in [0.15, 0.2) is 24.3 Å². The lowest BCUT2D eigenvalue weighted by molar-refractivity contribution is 0.0913. The standard InChI is InChI=1S/C20H32O/c1-20(2,3)18-13-11-16(12-14-18)15-19(21)17-9-7-5-4-6-8-10-17/h11-14,17,19,21H,4-10,15H2,1-3H3. The fraction of sp³-hybridized carbons (Fsp3) is 0.700. The van der Waals surface area contributed by atoms with Crippen molar-refractivity contribution in [2.75, 3.05) is 0 Å². The van der Waals surface area contributed by atoms with Gasteiger partial charge in [-0.25, -0.2) is 0 Å². The molecule has 1 aromatic rings. The zero-order valence-electron chi connectivity index (χ0n) is 14.1. The molecule has 0 spiro atoms. The van der Waals surface area contributed by atoms with E-state index >= 15 is 0 Å². The van der Waals surface area contributed by atoms with Gasteiger partial charge in [-0.05, 0) is 41.7 Å². The Labute approximate surface area is 130 Å². The van der Waals surface area contributed by atoms with Gasteiger partial charge in [0.25, 0.3) is 0 Å². The highest BCUT2D eigenvalue weighted by Gasteiger charge is 2.20. The Balaban J connectivity index is 1.93. The van der Waals surface area contributed by atoms with Crippen LogP contribution in [0.4, 0.5) is 0 Å². The third-order valence-corrected chi connectivity index (χ3v) is 4.96. The molecule has 1 aromatic carbocycles. The molecule has 0 radical (unpaired) electrons. The molecule has 1 N–H and O–H groups in total. The minimum atomic E-state index is -0.163. The van der Waals surface area contributed by atoms with Gasteiger partial charge in [0.05, 0.1) is 6.10 Å². The fourth-order valence-electron chi connectivity index (χ4n) is 3.42. The molecule has 21 heavy (non-hydrogen) atoms. The maximum atomic E-state index is 10.6. The number of aliphatic hydroxyl groups is 1. The molecule has 1 fully saturated rings. The molecule has 1 saturated carbocycles. The van der Waals surface area contributed by atoms with E-state index in [9.17, 15) is 5.11 Å². The van der Waals surface area contributed by atoms with Crippen molar-refractivity contribution < 1.29 is 5.11 Å². The Hall–Kier alpha value is -0.820. The summed E-state index contributed by atoms with van der Waals surface area (Å²) in [5, 5.41) is 10.6. The summed E-state index contributed by atoms with van der Waals surface area (Å²) in [6.45, 7) is 6.72.